The van der Waals surface area contributed by atoms with Crippen LogP contribution in [0, 0.1) is 0 Å². The molecule has 2 unspecified atom stereocenters. The zero-order valence-electron chi connectivity index (χ0n) is 9.28. The minimum absolute atomic E-state index is 0.152. The summed E-state index contributed by atoms with van der Waals surface area (Å²) in [6, 6.07) is 3.37. The van der Waals surface area contributed by atoms with Crippen LogP contribution in [0.3, 0.4) is 0 Å². The highest BCUT2D eigenvalue weighted by atomic mass is 16.3. The third-order valence-electron chi connectivity index (χ3n) is 2.79. The number of nitrogen functional groups attached to an aromatic ring is 1. The maximum Gasteiger partial charge on any atom is 0.228 e. The van der Waals surface area contributed by atoms with Crippen LogP contribution in [0.15, 0.2) is 18.3 Å². The second-order valence-electron chi connectivity index (χ2n) is 4.19. The Labute approximate surface area is 98.7 Å². The monoisotopic (exact) mass is 237 g/mol. The minimum Gasteiger partial charge on any atom is -0.397 e. The molecule has 1 aliphatic rings. The first-order valence-electron chi connectivity index (χ1n) is 5.40. The van der Waals surface area contributed by atoms with Gasteiger partial charge >= 0.3 is 0 Å². The third kappa shape index (κ3) is 2.72. The predicted octanol–water partition coefficient (Wildman–Crippen LogP) is -1.23. The summed E-state index contributed by atoms with van der Waals surface area (Å²) < 4.78 is 0. The molecule has 2 heterocycles. The molecule has 1 aromatic heterocycles. The Bertz CT molecular complexity index is 397. The standard InChI is InChI=1S/C11H15N3O3/c12-7-1-2-8(13-4-7)3-11(17)14-5-9(15)10(16)6-14/h1-2,4,9-10,15-16H,3,5-6,12H2. The maximum absolute atomic E-state index is 11.8. The first-order chi connectivity index (χ1) is 8.06. The lowest BCUT2D eigenvalue weighted by atomic mass is 10.2. The van der Waals surface area contributed by atoms with Crippen LogP contribution in [-0.4, -0.2) is 51.3 Å². The van der Waals surface area contributed by atoms with E-state index in [9.17, 15) is 15.0 Å². The molecule has 0 spiro atoms. The molecule has 2 atom stereocenters. The van der Waals surface area contributed by atoms with Gasteiger partial charge < -0.3 is 20.8 Å². The molecule has 0 aromatic carbocycles. The van der Waals surface area contributed by atoms with Gasteiger partial charge in [0.05, 0.1) is 30.5 Å². The van der Waals surface area contributed by atoms with Gasteiger partial charge in [0.1, 0.15) is 0 Å². The number of carbonyl (C=O) groups excluding carboxylic acids is 1. The normalized spacial score (nSPS) is 24.0. The number of rotatable bonds is 2. The van der Waals surface area contributed by atoms with Gasteiger partial charge in [-0.15, -0.1) is 0 Å². The lowest BCUT2D eigenvalue weighted by Gasteiger charge is -2.14. The van der Waals surface area contributed by atoms with Gasteiger partial charge in [-0.1, -0.05) is 0 Å². The van der Waals surface area contributed by atoms with Crippen molar-refractivity contribution in [2.75, 3.05) is 18.8 Å². The summed E-state index contributed by atoms with van der Waals surface area (Å²) in [6.45, 7) is 0.351. The lowest BCUT2D eigenvalue weighted by Crippen LogP contribution is -2.31. The second kappa shape index (κ2) is 4.68. The van der Waals surface area contributed by atoms with Crippen molar-refractivity contribution in [1.29, 1.82) is 0 Å². The quantitative estimate of drug-likeness (QED) is 0.598. The molecule has 1 saturated heterocycles. The molecule has 6 heteroatoms. The number of carbonyl (C=O) groups is 1. The van der Waals surface area contributed by atoms with Gasteiger partial charge in [-0.25, -0.2) is 0 Å². The molecule has 0 bridgehead atoms. The van der Waals surface area contributed by atoms with E-state index in [2.05, 4.69) is 4.98 Å². The average Bonchev–Trinajstić information content (AvgIpc) is 2.63. The Morgan fingerprint density at radius 1 is 1.41 bits per heavy atom. The summed E-state index contributed by atoms with van der Waals surface area (Å²) in [5.41, 5.74) is 6.67. The zero-order valence-corrected chi connectivity index (χ0v) is 9.28. The molecule has 0 saturated carbocycles. The van der Waals surface area contributed by atoms with Crippen molar-refractivity contribution in [2.24, 2.45) is 0 Å². The largest absolute Gasteiger partial charge is 0.397 e. The number of aliphatic hydroxyl groups excluding tert-OH is 2. The van der Waals surface area contributed by atoms with Crippen LogP contribution >= 0.6 is 0 Å². The van der Waals surface area contributed by atoms with Crippen LogP contribution in [0.25, 0.3) is 0 Å². The molecular weight excluding hydrogens is 222 g/mol. The van der Waals surface area contributed by atoms with Gasteiger partial charge in [0.2, 0.25) is 5.91 Å². The first kappa shape index (κ1) is 11.8. The van der Waals surface area contributed by atoms with Crippen LogP contribution in [-0.2, 0) is 11.2 Å². The molecule has 6 nitrogen and oxygen atoms in total. The maximum atomic E-state index is 11.8. The topological polar surface area (TPSA) is 99.7 Å². The fourth-order valence-electron chi connectivity index (χ4n) is 1.78. The third-order valence-corrected chi connectivity index (χ3v) is 2.79. The molecule has 17 heavy (non-hydrogen) atoms. The van der Waals surface area contributed by atoms with Crippen molar-refractivity contribution in [1.82, 2.24) is 9.88 Å². The van der Waals surface area contributed by atoms with Crippen molar-refractivity contribution < 1.29 is 15.0 Å². The summed E-state index contributed by atoms with van der Waals surface area (Å²) >= 11 is 0. The molecule has 1 amide bonds. The van der Waals surface area contributed by atoms with Gasteiger partial charge in [-0.2, -0.15) is 0 Å². The van der Waals surface area contributed by atoms with E-state index < -0.39 is 12.2 Å². The number of likely N-dealkylation sites (tertiary alicyclic amines) is 1. The SMILES string of the molecule is Nc1ccc(CC(=O)N2CC(O)C(O)C2)nc1. The average molecular weight is 237 g/mol. The van der Waals surface area contributed by atoms with E-state index in [4.69, 9.17) is 5.73 Å². The Morgan fingerprint density at radius 2 is 2.06 bits per heavy atom. The van der Waals surface area contributed by atoms with E-state index in [-0.39, 0.29) is 25.4 Å². The molecule has 1 aromatic rings. The Kier molecular flexibility index (Phi) is 3.26. The zero-order chi connectivity index (χ0) is 12.4. The van der Waals surface area contributed by atoms with Crippen molar-refractivity contribution in [2.45, 2.75) is 18.6 Å². The molecule has 2 rings (SSSR count). The van der Waals surface area contributed by atoms with Gasteiger partial charge in [0.25, 0.3) is 0 Å². The Balaban J connectivity index is 1.96. The predicted molar refractivity (Wildman–Crippen MR) is 60.9 cm³/mol. The highest BCUT2D eigenvalue weighted by molar-refractivity contribution is 5.78. The van der Waals surface area contributed by atoms with Crippen LogP contribution in [0.1, 0.15) is 5.69 Å². The summed E-state index contributed by atoms with van der Waals surface area (Å²) in [5.74, 6) is -0.155. The van der Waals surface area contributed by atoms with Gasteiger partial charge in [-0.05, 0) is 12.1 Å². The number of pyridine rings is 1. The number of amides is 1. The number of hydrogen-bond acceptors (Lipinski definition) is 5. The molecule has 1 aliphatic heterocycles. The Morgan fingerprint density at radius 3 is 2.59 bits per heavy atom. The molecular formula is C11H15N3O3. The smallest absolute Gasteiger partial charge is 0.228 e. The summed E-state index contributed by atoms with van der Waals surface area (Å²) in [6.07, 6.45) is -0.0487. The number of β-amino-alcohol motifs (C(OH)–C–C–N with tert-alkyl or cyclic N) is 2. The molecule has 0 aliphatic carbocycles. The second-order valence-corrected chi connectivity index (χ2v) is 4.19. The van der Waals surface area contributed by atoms with Crippen molar-refractivity contribution >= 4 is 11.6 Å². The van der Waals surface area contributed by atoms with E-state index in [1.54, 1.807) is 12.1 Å². The summed E-state index contributed by atoms with van der Waals surface area (Å²) in [4.78, 5) is 17.3. The van der Waals surface area contributed by atoms with Crippen LogP contribution in [0.2, 0.25) is 0 Å². The van der Waals surface area contributed by atoms with Gasteiger partial charge in [0.15, 0.2) is 0 Å². The molecule has 92 valence electrons. The molecule has 0 radical (unpaired) electrons. The first-order valence-corrected chi connectivity index (χ1v) is 5.40. The minimum atomic E-state index is -0.849. The highest BCUT2D eigenvalue weighted by Crippen LogP contribution is 2.12. The van der Waals surface area contributed by atoms with Crippen LogP contribution in [0.5, 0.6) is 0 Å². The van der Waals surface area contributed by atoms with E-state index in [1.165, 1.54) is 11.1 Å². The van der Waals surface area contributed by atoms with Crippen molar-refractivity contribution in [3.8, 4) is 0 Å². The number of aliphatic hydroxyl groups is 2. The van der Waals surface area contributed by atoms with E-state index in [1.807, 2.05) is 0 Å². The van der Waals surface area contributed by atoms with Crippen molar-refractivity contribution in [3.05, 3.63) is 24.0 Å². The number of nitrogens with zero attached hydrogens (tertiary/aromatic N) is 2. The molecule has 1 fully saturated rings. The van der Waals surface area contributed by atoms with Crippen molar-refractivity contribution in [3.63, 3.8) is 0 Å². The highest BCUT2D eigenvalue weighted by Gasteiger charge is 2.32. The van der Waals surface area contributed by atoms with E-state index in [0.717, 1.165) is 0 Å². The number of nitrogens with two attached hydrogens (primary N) is 1. The summed E-state index contributed by atoms with van der Waals surface area (Å²) in [5, 5.41) is 18.7. The summed E-state index contributed by atoms with van der Waals surface area (Å²) in [7, 11) is 0. The number of hydrogen-bond donors (Lipinski definition) is 3. The van der Waals surface area contributed by atoms with Crippen LogP contribution < -0.4 is 5.73 Å². The Hall–Kier alpha value is -1.66. The molecule has 4 N–H and O–H groups in total. The van der Waals surface area contributed by atoms with Gasteiger partial charge in [-0.3, -0.25) is 9.78 Å². The van der Waals surface area contributed by atoms with E-state index in [0.29, 0.717) is 11.4 Å². The van der Waals surface area contributed by atoms with E-state index >= 15 is 0 Å². The van der Waals surface area contributed by atoms with Gasteiger partial charge in [0, 0.05) is 18.8 Å². The fourth-order valence-corrected chi connectivity index (χ4v) is 1.78. The number of aromatic nitrogens is 1. The fraction of sp³-hybridized carbons (Fsp3) is 0.455. The lowest BCUT2D eigenvalue weighted by molar-refractivity contribution is -0.130. The number of anilines is 1. The van der Waals surface area contributed by atoms with Crippen LogP contribution in [0.4, 0.5) is 5.69 Å².